The van der Waals surface area contributed by atoms with E-state index in [0.717, 1.165) is 35.0 Å². The molecule has 0 bridgehead atoms. The summed E-state index contributed by atoms with van der Waals surface area (Å²) in [7, 11) is 1.61. The lowest BCUT2D eigenvalue weighted by Gasteiger charge is -2.26. The molecule has 0 N–H and O–H groups in total. The molecule has 0 aliphatic rings. The predicted molar refractivity (Wildman–Crippen MR) is 119 cm³/mol. The molecule has 6 nitrogen and oxygen atoms in total. The first kappa shape index (κ1) is 21.4. The third-order valence-electron chi connectivity index (χ3n) is 4.29. The van der Waals surface area contributed by atoms with Gasteiger partial charge in [0.05, 0.1) is 7.11 Å². The van der Waals surface area contributed by atoms with Crippen LogP contribution in [0.1, 0.15) is 0 Å². The van der Waals surface area contributed by atoms with Gasteiger partial charge >= 0.3 is 11.9 Å². The van der Waals surface area contributed by atoms with Crippen LogP contribution in [0.25, 0.3) is 0 Å². The maximum absolute atomic E-state index is 11.4. The second kappa shape index (κ2) is 9.93. The highest BCUT2D eigenvalue weighted by Crippen LogP contribution is 2.36. The Morgan fingerprint density at radius 1 is 0.645 bits per heavy atom. The molecule has 0 spiro atoms. The summed E-state index contributed by atoms with van der Waals surface area (Å²) in [5, 5.41) is 0. The van der Waals surface area contributed by atoms with Crippen molar-refractivity contribution in [2.45, 2.75) is 0 Å². The maximum atomic E-state index is 11.4. The minimum atomic E-state index is -0.524. The van der Waals surface area contributed by atoms with Gasteiger partial charge < -0.3 is 19.1 Å². The van der Waals surface area contributed by atoms with Crippen LogP contribution in [0.3, 0.4) is 0 Å². The van der Waals surface area contributed by atoms with Crippen molar-refractivity contribution >= 4 is 29.0 Å². The number of carbonyl (C=O) groups excluding carboxylic acids is 2. The average Bonchev–Trinajstić information content (AvgIpc) is 2.81. The monoisotopic (exact) mass is 415 g/mol. The van der Waals surface area contributed by atoms with Gasteiger partial charge in [0.2, 0.25) is 0 Å². The third kappa shape index (κ3) is 5.39. The second-order valence-electron chi connectivity index (χ2n) is 6.27. The molecule has 3 aromatic carbocycles. The van der Waals surface area contributed by atoms with Crippen LogP contribution in [0, 0.1) is 0 Å². The van der Waals surface area contributed by atoms with Crippen molar-refractivity contribution in [2.24, 2.45) is 0 Å². The molecule has 0 saturated carbocycles. The molecule has 0 unspecified atom stereocenters. The summed E-state index contributed by atoms with van der Waals surface area (Å²) in [5.74, 6) is 0.515. The summed E-state index contributed by atoms with van der Waals surface area (Å²) in [4.78, 5) is 24.9. The molecule has 0 radical (unpaired) electrons. The number of rotatable bonds is 8. The van der Waals surface area contributed by atoms with Crippen LogP contribution >= 0.6 is 0 Å². The largest absolute Gasteiger partial charge is 0.497 e. The normalized spacial score (nSPS) is 9.97. The van der Waals surface area contributed by atoms with Crippen LogP contribution < -0.4 is 19.1 Å². The Morgan fingerprint density at radius 3 is 1.26 bits per heavy atom. The zero-order chi connectivity index (χ0) is 22.2. The van der Waals surface area contributed by atoms with Crippen molar-refractivity contribution in [3.8, 4) is 17.2 Å². The lowest BCUT2D eigenvalue weighted by atomic mass is 10.2. The van der Waals surface area contributed by atoms with Gasteiger partial charge in [-0.1, -0.05) is 13.2 Å². The quantitative estimate of drug-likeness (QED) is 0.281. The summed E-state index contributed by atoms with van der Waals surface area (Å²) in [6.45, 7) is 6.79. The third-order valence-corrected chi connectivity index (χ3v) is 4.29. The van der Waals surface area contributed by atoms with E-state index in [1.54, 1.807) is 31.4 Å². The van der Waals surface area contributed by atoms with E-state index >= 15 is 0 Å². The standard InChI is InChI=1S/C25H21NO5/c1-4-24(27)30-22-14-8-19(9-15-22)26(18-6-12-21(29-3)13-7-18)20-10-16-23(17-11-20)31-25(28)5-2/h4-17H,1-2H2,3H3. The van der Waals surface area contributed by atoms with Gasteiger partial charge in [0.25, 0.3) is 0 Å². The van der Waals surface area contributed by atoms with Gasteiger partial charge in [-0.3, -0.25) is 0 Å². The summed E-state index contributed by atoms with van der Waals surface area (Å²) >= 11 is 0. The minimum absolute atomic E-state index is 0.412. The van der Waals surface area contributed by atoms with Crippen LogP contribution in [0.4, 0.5) is 17.1 Å². The number of carbonyl (C=O) groups is 2. The van der Waals surface area contributed by atoms with E-state index in [2.05, 4.69) is 13.2 Å². The van der Waals surface area contributed by atoms with Gasteiger partial charge in [-0.05, 0) is 72.8 Å². The number of anilines is 3. The Hall–Kier alpha value is -4.32. The van der Waals surface area contributed by atoms with E-state index in [1.165, 1.54) is 0 Å². The van der Waals surface area contributed by atoms with Crippen molar-refractivity contribution in [2.75, 3.05) is 12.0 Å². The van der Waals surface area contributed by atoms with Crippen molar-refractivity contribution in [1.29, 1.82) is 0 Å². The van der Waals surface area contributed by atoms with E-state index in [0.29, 0.717) is 11.5 Å². The van der Waals surface area contributed by atoms with E-state index < -0.39 is 11.9 Å². The molecule has 0 atom stereocenters. The predicted octanol–water partition coefficient (Wildman–Crippen LogP) is 5.35. The maximum Gasteiger partial charge on any atom is 0.335 e. The highest BCUT2D eigenvalue weighted by atomic mass is 16.5. The Labute approximate surface area is 180 Å². The molecule has 0 aromatic heterocycles. The number of ether oxygens (including phenoxy) is 3. The Kier molecular flexibility index (Phi) is 6.85. The van der Waals surface area contributed by atoms with Crippen LogP contribution in [0.5, 0.6) is 17.2 Å². The lowest BCUT2D eigenvalue weighted by Crippen LogP contribution is -2.10. The van der Waals surface area contributed by atoms with Gasteiger partial charge in [0.15, 0.2) is 0 Å². The molecule has 0 aliphatic carbocycles. The average molecular weight is 415 g/mol. The highest BCUT2D eigenvalue weighted by molar-refractivity contribution is 5.84. The molecule has 3 aromatic rings. The fraction of sp³-hybridized carbons (Fsp3) is 0.0400. The highest BCUT2D eigenvalue weighted by Gasteiger charge is 2.14. The van der Waals surface area contributed by atoms with Crippen molar-refractivity contribution in [1.82, 2.24) is 0 Å². The number of nitrogens with zero attached hydrogens (tertiary/aromatic N) is 1. The molecule has 3 rings (SSSR count). The molecule has 156 valence electrons. The van der Waals surface area contributed by atoms with E-state index in [4.69, 9.17) is 14.2 Å². The van der Waals surface area contributed by atoms with Gasteiger partial charge in [-0.15, -0.1) is 0 Å². The SMILES string of the molecule is C=CC(=O)Oc1ccc(N(c2ccc(OC)cc2)c2ccc(OC(=O)C=C)cc2)cc1. The van der Waals surface area contributed by atoms with Gasteiger partial charge in [-0.2, -0.15) is 0 Å². The van der Waals surface area contributed by atoms with Crippen LogP contribution in [-0.4, -0.2) is 19.0 Å². The second-order valence-corrected chi connectivity index (χ2v) is 6.27. The first-order valence-corrected chi connectivity index (χ1v) is 9.37. The molecule has 6 heteroatoms. The first-order valence-electron chi connectivity index (χ1n) is 9.37. The topological polar surface area (TPSA) is 65.1 Å². The molecule has 0 heterocycles. The summed E-state index contributed by atoms with van der Waals surface area (Å²) in [6, 6.07) is 21.7. The minimum Gasteiger partial charge on any atom is -0.497 e. The van der Waals surface area contributed by atoms with E-state index in [1.807, 2.05) is 53.4 Å². The molecule has 0 amide bonds. The summed E-state index contributed by atoms with van der Waals surface area (Å²) in [6.07, 6.45) is 2.22. The molecular weight excluding hydrogens is 394 g/mol. The van der Waals surface area contributed by atoms with Crippen molar-refractivity contribution in [3.05, 3.63) is 98.1 Å². The van der Waals surface area contributed by atoms with E-state index in [-0.39, 0.29) is 0 Å². The van der Waals surface area contributed by atoms with Crippen LogP contribution in [-0.2, 0) is 9.59 Å². The number of methoxy groups -OCH3 is 1. The Balaban J connectivity index is 1.96. The van der Waals surface area contributed by atoms with E-state index in [9.17, 15) is 9.59 Å². The van der Waals surface area contributed by atoms with Crippen LogP contribution in [0.15, 0.2) is 98.1 Å². The zero-order valence-corrected chi connectivity index (χ0v) is 17.0. The number of benzene rings is 3. The molecule has 0 saturated heterocycles. The van der Waals surface area contributed by atoms with Gasteiger partial charge in [-0.25, -0.2) is 9.59 Å². The van der Waals surface area contributed by atoms with Gasteiger partial charge in [0, 0.05) is 29.2 Å². The lowest BCUT2D eigenvalue weighted by molar-refractivity contribution is -0.129. The Morgan fingerprint density at radius 2 is 0.968 bits per heavy atom. The first-order chi connectivity index (χ1) is 15.0. The Bertz CT molecular complexity index is 1000. The molecule has 0 fully saturated rings. The number of hydrogen-bond donors (Lipinski definition) is 0. The number of esters is 2. The fourth-order valence-electron chi connectivity index (χ4n) is 2.82. The summed E-state index contributed by atoms with van der Waals surface area (Å²) in [5.41, 5.74) is 2.55. The van der Waals surface area contributed by atoms with Crippen LogP contribution in [0.2, 0.25) is 0 Å². The zero-order valence-electron chi connectivity index (χ0n) is 17.0. The number of hydrogen-bond acceptors (Lipinski definition) is 6. The summed E-state index contributed by atoms with van der Waals surface area (Å²) < 4.78 is 15.6. The van der Waals surface area contributed by atoms with Gasteiger partial charge in [0.1, 0.15) is 17.2 Å². The van der Waals surface area contributed by atoms with Crippen molar-refractivity contribution in [3.63, 3.8) is 0 Å². The molecule has 31 heavy (non-hydrogen) atoms. The molecular formula is C25H21NO5. The molecule has 0 aliphatic heterocycles. The van der Waals surface area contributed by atoms with Crippen molar-refractivity contribution < 1.29 is 23.8 Å². The smallest absolute Gasteiger partial charge is 0.335 e. The fourth-order valence-corrected chi connectivity index (χ4v) is 2.82.